The number of carbonyl (C=O) groups is 1. The fourth-order valence-corrected chi connectivity index (χ4v) is 1.09. The van der Waals surface area contributed by atoms with Crippen LogP contribution in [0.3, 0.4) is 0 Å². The highest BCUT2D eigenvalue weighted by Gasteiger charge is 1.99. The lowest BCUT2D eigenvalue weighted by Crippen LogP contribution is -1.96. The number of aryl methyl sites for hydroxylation is 2. The molecule has 0 bridgehead atoms. The van der Waals surface area contributed by atoms with E-state index in [0.29, 0.717) is 6.42 Å². The molecule has 0 amide bonds. The largest absolute Gasteiger partial charge is 0.481 e. The number of carboxylic acids is 1. The Hall–Kier alpha value is -1.25. The molecule has 0 aromatic carbocycles. The molecule has 1 heterocycles. The molecule has 0 aliphatic heterocycles. The molecule has 1 aromatic rings. The van der Waals surface area contributed by atoms with Gasteiger partial charge in [0.15, 0.2) is 0 Å². The van der Waals surface area contributed by atoms with E-state index in [-0.39, 0.29) is 6.42 Å². The first-order valence-corrected chi connectivity index (χ1v) is 4.09. The molecule has 3 nitrogen and oxygen atoms in total. The molecule has 0 spiro atoms. The van der Waals surface area contributed by atoms with Crippen LogP contribution in [0.5, 0.6) is 0 Å². The SMILES string of the molecule is CCn1ccc(CCC(=O)O)c1. The summed E-state index contributed by atoms with van der Waals surface area (Å²) in [5, 5.41) is 8.43. The molecule has 12 heavy (non-hydrogen) atoms. The normalized spacial score (nSPS) is 10.1. The lowest BCUT2D eigenvalue weighted by molar-refractivity contribution is -0.136. The van der Waals surface area contributed by atoms with Crippen molar-refractivity contribution in [1.29, 1.82) is 0 Å². The second-order valence-corrected chi connectivity index (χ2v) is 2.74. The lowest BCUT2D eigenvalue weighted by Gasteiger charge is -1.94. The maximum Gasteiger partial charge on any atom is 0.303 e. The zero-order valence-electron chi connectivity index (χ0n) is 7.16. The summed E-state index contributed by atoms with van der Waals surface area (Å²) >= 11 is 0. The third-order valence-electron chi connectivity index (χ3n) is 1.80. The third-order valence-corrected chi connectivity index (χ3v) is 1.80. The van der Waals surface area contributed by atoms with Crippen LogP contribution in [0.15, 0.2) is 18.5 Å². The van der Waals surface area contributed by atoms with Gasteiger partial charge in [0.25, 0.3) is 0 Å². The molecule has 0 aliphatic carbocycles. The van der Waals surface area contributed by atoms with E-state index in [0.717, 1.165) is 12.1 Å². The summed E-state index contributed by atoms with van der Waals surface area (Å²) in [4.78, 5) is 10.2. The summed E-state index contributed by atoms with van der Waals surface area (Å²) in [6.07, 6.45) is 4.80. The van der Waals surface area contributed by atoms with Crippen LogP contribution in [0.1, 0.15) is 18.9 Å². The quantitative estimate of drug-likeness (QED) is 0.738. The Bertz CT molecular complexity index is 265. The summed E-state index contributed by atoms with van der Waals surface area (Å²) in [6, 6.07) is 1.96. The summed E-state index contributed by atoms with van der Waals surface area (Å²) in [7, 11) is 0. The molecular formula is C9H13NO2. The van der Waals surface area contributed by atoms with Crippen LogP contribution >= 0.6 is 0 Å². The molecular weight excluding hydrogens is 154 g/mol. The zero-order chi connectivity index (χ0) is 8.97. The number of nitrogens with zero attached hydrogens (tertiary/aromatic N) is 1. The number of aliphatic carboxylic acids is 1. The molecule has 0 atom stereocenters. The predicted octanol–water partition coefficient (Wildman–Crippen LogP) is 1.53. The minimum Gasteiger partial charge on any atom is -0.481 e. The zero-order valence-corrected chi connectivity index (χ0v) is 7.16. The van der Waals surface area contributed by atoms with E-state index in [1.54, 1.807) is 0 Å². The maximum atomic E-state index is 10.2. The van der Waals surface area contributed by atoms with E-state index in [9.17, 15) is 4.79 Å². The number of hydrogen-bond donors (Lipinski definition) is 1. The van der Waals surface area contributed by atoms with E-state index < -0.39 is 5.97 Å². The van der Waals surface area contributed by atoms with Gasteiger partial charge in [-0.1, -0.05) is 0 Å². The van der Waals surface area contributed by atoms with Crippen molar-refractivity contribution in [3.05, 3.63) is 24.0 Å². The van der Waals surface area contributed by atoms with Crippen molar-refractivity contribution in [3.8, 4) is 0 Å². The van der Waals surface area contributed by atoms with Gasteiger partial charge in [-0.05, 0) is 25.0 Å². The van der Waals surface area contributed by atoms with Gasteiger partial charge in [0, 0.05) is 25.4 Å². The van der Waals surface area contributed by atoms with Gasteiger partial charge in [-0.2, -0.15) is 0 Å². The molecule has 0 saturated heterocycles. The van der Waals surface area contributed by atoms with Crippen LogP contribution < -0.4 is 0 Å². The Morgan fingerprint density at radius 1 is 1.67 bits per heavy atom. The first-order chi connectivity index (χ1) is 5.72. The van der Waals surface area contributed by atoms with Gasteiger partial charge in [-0.15, -0.1) is 0 Å². The number of carboxylic acid groups (broad SMARTS) is 1. The van der Waals surface area contributed by atoms with Crippen molar-refractivity contribution < 1.29 is 9.90 Å². The molecule has 3 heteroatoms. The second kappa shape index (κ2) is 3.95. The van der Waals surface area contributed by atoms with Gasteiger partial charge in [-0.3, -0.25) is 4.79 Å². The summed E-state index contributed by atoms with van der Waals surface area (Å²) in [6.45, 7) is 2.99. The highest BCUT2D eigenvalue weighted by atomic mass is 16.4. The Morgan fingerprint density at radius 2 is 2.42 bits per heavy atom. The van der Waals surface area contributed by atoms with E-state index in [2.05, 4.69) is 6.92 Å². The highest BCUT2D eigenvalue weighted by molar-refractivity contribution is 5.67. The van der Waals surface area contributed by atoms with Crippen LogP contribution in [0.25, 0.3) is 0 Å². The Morgan fingerprint density at radius 3 is 2.92 bits per heavy atom. The third kappa shape index (κ3) is 2.42. The number of aromatic nitrogens is 1. The predicted molar refractivity (Wildman–Crippen MR) is 46.1 cm³/mol. The standard InChI is InChI=1S/C9H13NO2/c1-2-10-6-5-8(7-10)3-4-9(11)12/h5-7H,2-4H2,1H3,(H,11,12). The van der Waals surface area contributed by atoms with Crippen molar-refractivity contribution in [2.45, 2.75) is 26.3 Å². The van der Waals surface area contributed by atoms with Crippen molar-refractivity contribution in [3.63, 3.8) is 0 Å². The second-order valence-electron chi connectivity index (χ2n) is 2.74. The van der Waals surface area contributed by atoms with Crippen molar-refractivity contribution in [1.82, 2.24) is 4.57 Å². The van der Waals surface area contributed by atoms with E-state index in [1.807, 2.05) is 23.0 Å². The number of hydrogen-bond acceptors (Lipinski definition) is 1. The van der Waals surface area contributed by atoms with E-state index in [1.165, 1.54) is 0 Å². The molecule has 0 aliphatic rings. The van der Waals surface area contributed by atoms with E-state index >= 15 is 0 Å². The fraction of sp³-hybridized carbons (Fsp3) is 0.444. The molecule has 0 saturated carbocycles. The monoisotopic (exact) mass is 167 g/mol. The summed E-state index contributed by atoms with van der Waals surface area (Å²) in [5.74, 6) is -0.737. The molecule has 1 N–H and O–H groups in total. The van der Waals surface area contributed by atoms with Gasteiger partial charge in [0.1, 0.15) is 0 Å². The molecule has 0 radical (unpaired) electrons. The molecule has 0 unspecified atom stereocenters. The van der Waals surface area contributed by atoms with Crippen LogP contribution in [0, 0.1) is 0 Å². The lowest BCUT2D eigenvalue weighted by atomic mass is 10.2. The maximum absolute atomic E-state index is 10.2. The van der Waals surface area contributed by atoms with Crippen LogP contribution in [0.2, 0.25) is 0 Å². The Kier molecular flexibility index (Phi) is 2.91. The van der Waals surface area contributed by atoms with Crippen molar-refractivity contribution >= 4 is 5.97 Å². The minimum absolute atomic E-state index is 0.216. The summed E-state index contributed by atoms with van der Waals surface area (Å²) < 4.78 is 2.04. The van der Waals surface area contributed by atoms with Gasteiger partial charge in [0.05, 0.1) is 0 Å². The van der Waals surface area contributed by atoms with Crippen molar-refractivity contribution in [2.24, 2.45) is 0 Å². The smallest absolute Gasteiger partial charge is 0.303 e. The van der Waals surface area contributed by atoms with Gasteiger partial charge in [0.2, 0.25) is 0 Å². The average Bonchev–Trinajstić information content (AvgIpc) is 2.48. The van der Waals surface area contributed by atoms with Crippen LogP contribution in [-0.2, 0) is 17.8 Å². The minimum atomic E-state index is -0.737. The van der Waals surface area contributed by atoms with Crippen molar-refractivity contribution in [2.75, 3.05) is 0 Å². The molecule has 66 valence electrons. The van der Waals surface area contributed by atoms with Gasteiger partial charge < -0.3 is 9.67 Å². The Balaban J connectivity index is 2.47. The number of rotatable bonds is 4. The topological polar surface area (TPSA) is 42.2 Å². The molecule has 0 fully saturated rings. The highest BCUT2D eigenvalue weighted by Crippen LogP contribution is 2.04. The average molecular weight is 167 g/mol. The Labute approximate surface area is 71.6 Å². The summed E-state index contributed by atoms with van der Waals surface area (Å²) in [5.41, 5.74) is 1.10. The van der Waals surface area contributed by atoms with Crippen LogP contribution in [-0.4, -0.2) is 15.6 Å². The first-order valence-electron chi connectivity index (χ1n) is 4.09. The van der Waals surface area contributed by atoms with Gasteiger partial charge >= 0.3 is 5.97 Å². The molecule has 1 aromatic heterocycles. The van der Waals surface area contributed by atoms with Gasteiger partial charge in [-0.25, -0.2) is 0 Å². The first kappa shape index (κ1) is 8.84. The fourth-order valence-electron chi connectivity index (χ4n) is 1.09. The molecule has 1 rings (SSSR count). The van der Waals surface area contributed by atoms with Crippen LogP contribution in [0.4, 0.5) is 0 Å². The van der Waals surface area contributed by atoms with E-state index in [4.69, 9.17) is 5.11 Å².